The summed E-state index contributed by atoms with van der Waals surface area (Å²) in [5.74, 6) is 0.908. The lowest BCUT2D eigenvalue weighted by Crippen LogP contribution is -1.94. The molecule has 0 unspecified atom stereocenters. The smallest absolute Gasteiger partial charge is 0.128 e. The van der Waals surface area contributed by atoms with E-state index in [1.807, 2.05) is 18.3 Å². The van der Waals surface area contributed by atoms with Gasteiger partial charge in [0.15, 0.2) is 0 Å². The van der Waals surface area contributed by atoms with Crippen molar-refractivity contribution in [2.45, 2.75) is 19.9 Å². The third kappa shape index (κ3) is 2.35. The molecular weight excluding hydrogens is 226 g/mol. The van der Waals surface area contributed by atoms with E-state index in [-0.39, 0.29) is 6.54 Å². The monoisotopic (exact) mass is 241 g/mol. The van der Waals surface area contributed by atoms with Gasteiger partial charge in [-0.3, -0.25) is 4.68 Å². The molecular formula is C14H15N3O. The molecule has 4 nitrogen and oxygen atoms in total. The van der Waals surface area contributed by atoms with Crippen molar-refractivity contribution in [1.82, 2.24) is 9.78 Å². The standard InChI is InChI=1S/C14H15N3O/c1-3-11-8-12(4-5-14(11)18-2)13-9-16-17(10-13)7-6-15/h4-5,8-10H,3,7H2,1-2H3. The van der Waals surface area contributed by atoms with Crippen molar-refractivity contribution in [1.29, 1.82) is 5.26 Å². The van der Waals surface area contributed by atoms with Crippen LogP contribution in [0.3, 0.4) is 0 Å². The number of benzene rings is 1. The number of ether oxygens (including phenoxy) is 1. The predicted octanol–water partition coefficient (Wildman–Crippen LogP) is 2.64. The van der Waals surface area contributed by atoms with Crippen LogP contribution in [0.1, 0.15) is 12.5 Å². The molecule has 92 valence electrons. The summed E-state index contributed by atoms with van der Waals surface area (Å²) in [7, 11) is 1.68. The minimum atomic E-state index is 0.275. The van der Waals surface area contributed by atoms with Crippen molar-refractivity contribution in [3.63, 3.8) is 0 Å². The molecule has 1 aromatic carbocycles. The number of nitrogens with zero attached hydrogens (tertiary/aromatic N) is 3. The van der Waals surface area contributed by atoms with Crippen LogP contribution in [0.4, 0.5) is 0 Å². The first-order valence-electron chi connectivity index (χ1n) is 5.85. The van der Waals surface area contributed by atoms with Crippen LogP contribution in [0.15, 0.2) is 30.6 Å². The maximum Gasteiger partial charge on any atom is 0.128 e. The Balaban J connectivity index is 2.35. The Labute approximate surface area is 106 Å². The van der Waals surface area contributed by atoms with Crippen LogP contribution in [0.5, 0.6) is 5.75 Å². The lowest BCUT2D eigenvalue weighted by Gasteiger charge is -2.08. The molecule has 0 N–H and O–H groups in total. The molecule has 2 aromatic rings. The Morgan fingerprint density at radius 1 is 1.39 bits per heavy atom. The normalized spacial score (nSPS) is 10.1. The summed E-state index contributed by atoms with van der Waals surface area (Å²) < 4.78 is 6.94. The average Bonchev–Trinajstić information content (AvgIpc) is 2.87. The van der Waals surface area contributed by atoms with Gasteiger partial charge < -0.3 is 4.74 Å². The van der Waals surface area contributed by atoms with Crippen molar-refractivity contribution in [2.75, 3.05) is 7.11 Å². The highest BCUT2D eigenvalue weighted by Crippen LogP contribution is 2.26. The molecule has 0 amide bonds. The summed E-state index contributed by atoms with van der Waals surface area (Å²) in [6.07, 6.45) is 4.58. The zero-order valence-electron chi connectivity index (χ0n) is 10.6. The summed E-state index contributed by atoms with van der Waals surface area (Å²) in [4.78, 5) is 0. The lowest BCUT2D eigenvalue weighted by atomic mass is 10.0. The number of aryl methyl sites for hydroxylation is 1. The van der Waals surface area contributed by atoms with E-state index in [0.717, 1.165) is 23.3 Å². The summed E-state index contributed by atoms with van der Waals surface area (Å²) in [5.41, 5.74) is 3.28. The van der Waals surface area contributed by atoms with Gasteiger partial charge in [-0.25, -0.2) is 0 Å². The summed E-state index contributed by atoms with van der Waals surface area (Å²) in [5, 5.41) is 12.8. The second-order valence-corrected chi connectivity index (χ2v) is 3.96. The largest absolute Gasteiger partial charge is 0.496 e. The van der Waals surface area contributed by atoms with Gasteiger partial charge >= 0.3 is 0 Å². The first-order valence-corrected chi connectivity index (χ1v) is 5.85. The summed E-state index contributed by atoms with van der Waals surface area (Å²) in [6, 6.07) is 8.15. The van der Waals surface area contributed by atoms with Gasteiger partial charge in [0.25, 0.3) is 0 Å². The number of hydrogen-bond acceptors (Lipinski definition) is 3. The molecule has 0 aliphatic heterocycles. The number of hydrogen-bond donors (Lipinski definition) is 0. The maximum absolute atomic E-state index is 8.62. The van der Waals surface area contributed by atoms with Crippen LogP contribution >= 0.6 is 0 Å². The predicted molar refractivity (Wildman–Crippen MR) is 69.2 cm³/mol. The fraction of sp³-hybridized carbons (Fsp3) is 0.286. The van der Waals surface area contributed by atoms with Gasteiger partial charge in [-0.2, -0.15) is 10.4 Å². The van der Waals surface area contributed by atoms with Crippen molar-refractivity contribution >= 4 is 0 Å². The Kier molecular flexibility index (Phi) is 3.63. The van der Waals surface area contributed by atoms with Crippen LogP contribution in [-0.4, -0.2) is 16.9 Å². The molecule has 1 heterocycles. The Morgan fingerprint density at radius 3 is 2.89 bits per heavy atom. The van der Waals surface area contributed by atoms with Gasteiger partial charge in [0.1, 0.15) is 12.3 Å². The number of nitriles is 1. The van der Waals surface area contributed by atoms with Gasteiger partial charge in [0.05, 0.1) is 19.4 Å². The molecule has 0 bridgehead atoms. The molecule has 0 saturated carbocycles. The second kappa shape index (κ2) is 5.37. The Morgan fingerprint density at radius 2 is 2.22 bits per heavy atom. The molecule has 0 aliphatic carbocycles. The van der Waals surface area contributed by atoms with Gasteiger partial charge in [-0.05, 0) is 29.7 Å². The van der Waals surface area contributed by atoms with Crippen molar-refractivity contribution < 1.29 is 4.74 Å². The summed E-state index contributed by atoms with van der Waals surface area (Å²) in [6.45, 7) is 2.37. The Hall–Kier alpha value is -2.28. The molecule has 18 heavy (non-hydrogen) atoms. The first kappa shape index (κ1) is 12.2. The number of aromatic nitrogens is 2. The minimum Gasteiger partial charge on any atom is -0.496 e. The van der Waals surface area contributed by atoms with E-state index in [1.54, 1.807) is 18.0 Å². The number of rotatable bonds is 4. The fourth-order valence-corrected chi connectivity index (χ4v) is 1.91. The van der Waals surface area contributed by atoms with Gasteiger partial charge in [-0.1, -0.05) is 13.0 Å². The minimum absolute atomic E-state index is 0.275. The molecule has 0 saturated heterocycles. The van der Waals surface area contributed by atoms with E-state index >= 15 is 0 Å². The maximum atomic E-state index is 8.62. The molecule has 2 rings (SSSR count). The molecule has 1 aromatic heterocycles. The molecule has 0 spiro atoms. The van der Waals surface area contributed by atoms with Crippen LogP contribution in [-0.2, 0) is 13.0 Å². The van der Waals surface area contributed by atoms with E-state index in [1.165, 1.54) is 5.56 Å². The molecule has 0 aliphatic rings. The molecule has 0 atom stereocenters. The third-order valence-corrected chi connectivity index (χ3v) is 2.86. The van der Waals surface area contributed by atoms with Crippen LogP contribution in [0, 0.1) is 11.3 Å². The SMILES string of the molecule is CCc1cc(-c2cnn(CC#N)c2)ccc1OC. The quantitative estimate of drug-likeness (QED) is 0.826. The van der Waals surface area contributed by atoms with E-state index < -0.39 is 0 Å². The lowest BCUT2D eigenvalue weighted by molar-refractivity contribution is 0.410. The highest BCUT2D eigenvalue weighted by atomic mass is 16.5. The van der Waals surface area contributed by atoms with Crippen molar-refractivity contribution in [3.05, 3.63) is 36.2 Å². The highest BCUT2D eigenvalue weighted by Gasteiger charge is 2.06. The second-order valence-electron chi connectivity index (χ2n) is 3.96. The van der Waals surface area contributed by atoms with Crippen LogP contribution < -0.4 is 4.74 Å². The zero-order valence-corrected chi connectivity index (χ0v) is 10.6. The van der Waals surface area contributed by atoms with Crippen LogP contribution in [0.2, 0.25) is 0 Å². The number of methoxy groups -OCH3 is 1. The average molecular weight is 241 g/mol. The van der Waals surface area contributed by atoms with Gasteiger partial charge in [-0.15, -0.1) is 0 Å². The van der Waals surface area contributed by atoms with E-state index in [0.29, 0.717) is 0 Å². The van der Waals surface area contributed by atoms with E-state index in [4.69, 9.17) is 10.00 Å². The van der Waals surface area contributed by atoms with Gasteiger partial charge in [0, 0.05) is 11.8 Å². The zero-order chi connectivity index (χ0) is 13.0. The van der Waals surface area contributed by atoms with E-state index in [9.17, 15) is 0 Å². The van der Waals surface area contributed by atoms with E-state index in [2.05, 4.69) is 24.2 Å². The summed E-state index contributed by atoms with van der Waals surface area (Å²) >= 11 is 0. The van der Waals surface area contributed by atoms with Crippen LogP contribution in [0.25, 0.3) is 11.1 Å². The first-order chi connectivity index (χ1) is 8.78. The highest BCUT2D eigenvalue weighted by molar-refractivity contribution is 5.64. The van der Waals surface area contributed by atoms with Crippen molar-refractivity contribution in [3.8, 4) is 22.9 Å². The van der Waals surface area contributed by atoms with Crippen molar-refractivity contribution in [2.24, 2.45) is 0 Å². The molecule has 0 radical (unpaired) electrons. The topological polar surface area (TPSA) is 50.8 Å². The Bertz CT molecular complexity index is 581. The molecule has 0 fully saturated rings. The third-order valence-electron chi connectivity index (χ3n) is 2.86. The van der Waals surface area contributed by atoms with Gasteiger partial charge in [0.2, 0.25) is 0 Å². The molecule has 4 heteroatoms. The fourth-order valence-electron chi connectivity index (χ4n) is 1.91.